The lowest BCUT2D eigenvalue weighted by molar-refractivity contribution is -0.128. The summed E-state index contributed by atoms with van der Waals surface area (Å²) >= 11 is 5.89. The van der Waals surface area contributed by atoms with Crippen molar-refractivity contribution >= 4 is 35.0 Å². The number of pyridine rings is 2. The summed E-state index contributed by atoms with van der Waals surface area (Å²) in [6, 6.07) is 10.4. The van der Waals surface area contributed by atoms with Gasteiger partial charge in [0.2, 0.25) is 5.91 Å². The number of benzene rings is 1. The first-order chi connectivity index (χ1) is 20.2. The van der Waals surface area contributed by atoms with E-state index in [0.717, 1.165) is 6.20 Å². The largest absolute Gasteiger partial charge is 0.349 e. The molecular weight excluding hydrogens is 571 g/mol. The molecule has 2 aromatic heterocycles. The number of aromatic nitrogens is 2. The molecule has 1 spiro atoms. The van der Waals surface area contributed by atoms with Crippen LogP contribution in [0.3, 0.4) is 0 Å². The fourth-order valence-electron chi connectivity index (χ4n) is 6.31. The summed E-state index contributed by atoms with van der Waals surface area (Å²) < 4.78 is 41.1. The van der Waals surface area contributed by atoms with Crippen molar-refractivity contribution in [2.45, 2.75) is 43.6 Å². The fraction of sp³-hybridized carbons (Fsp3) is 0.367. The molecule has 1 aliphatic carbocycles. The Morgan fingerprint density at radius 3 is 2.52 bits per heavy atom. The second kappa shape index (κ2) is 11.0. The number of nitrogens with zero attached hydrogens (tertiary/aromatic N) is 4. The van der Waals surface area contributed by atoms with Crippen molar-refractivity contribution < 1.29 is 27.6 Å². The van der Waals surface area contributed by atoms with Gasteiger partial charge in [-0.2, -0.15) is 0 Å². The van der Waals surface area contributed by atoms with E-state index < -0.39 is 29.3 Å². The second-order valence-electron chi connectivity index (χ2n) is 11.1. The Kier molecular flexibility index (Phi) is 7.38. The van der Waals surface area contributed by atoms with Gasteiger partial charge >= 0.3 is 0 Å². The van der Waals surface area contributed by atoms with E-state index in [1.807, 2.05) is 0 Å². The third-order valence-corrected chi connectivity index (χ3v) is 8.68. The van der Waals surface area contributed by atoms with Gasteiger partial charge in [0.25, 0.3) is 18.2 Å². The van der Waals surface area contributed by atoms with Gasteiger partial charge < -0.3 is 15.1 Å². The maximum atomic E-state index is 14.4. The lowest BCUT2D eigenvalue weighted by atomic mass is 9.74. The van der Waals surface area contributed by atoms with E-state index in [9.17, 15) is 27.6 Å². The third-order valence-electron chi connectivity index (χ3n) is 8.47. The summed E-state index contributed by atoms with van der Waals surface area (Å²) in [5.74, 6) is -1.41. The highest BCUT2D eigenvalue weighted by Crippen LogP contribution is 2.48. The number of likely N-dealkylation sites (tertiary alicyclic amines) is 1. The Morgan fingerprint density at radius 1 is 1.07 bits per heavy atom. The van der Waals surface area contributed by atoms with Crippen molar-refractivity contribution in [1.29, 1.82) is 0 Å². The van der Waals surface area contributed by atoms with Gasteiger partial charge in [0.05, 0.1) is 10.6 Å². The van der Waals surface area contributed by atoms with E-state index in [4.69, 9.17) is 11.6 Å². The summed E-state index contributed by atoms with van der Waals surface area (Å²) in [4.78, 5) is 50.5. The van der Waals surface area contributed by atoms with Crippen LogP contribution in [-0.4, -0.2) is 58.3 Å². The van der Waals surface area contributed by atoms with Crippen LogP contribution in [0.1, 0.15) is 64.2 Å². The quantitative estimate of drug-likeness (QED) is 0.435. The van der Waals surface area contributed by atoms with E-state index in [1.54, 1.807) is 34.1 Å². The van der Waals surface area contributed by atoms with Gasteiger partial charge in [-0.05, 0) is 73.6 Å². The fourth-order valence-corrected chi connectivity index (χ4v) is 6.47. The van der Waals surface area contributed by atoms with Crippen LogP contribution in [0.5, 0.6) is 0 Å². The topological polar surface area (TPSA) is 95.5 Å². The van der Waals surface area contributed by atoms with E-state index >= 15 is 0 Å². The molecule has 1 N–H and O–H groups in total. The van der Waals surface area contributed by atoms with Crippen LogP contribution in [-0.2, 0) is 10.2 Å². The minimum atomic E-state index is -2.91. The molecule has 4 heterocycles. The summed E-state index contributed by atoms with van der Waals surface area (Å²) in [6.07, 6.45) is 2.29. The number of nitrogens with one attached hydrogen (secondary N) is 1. The molecule has 218 valence electrons. The molecule has 12 heteroatoms. The predicted molar refractivity (Wildman–Crippen MR) is 148 cm³/mol. The Morgan fingerprint density at radius 2 is 1.83 bits per heavy atom. The number of alkyl halides is 2. The van der Waals surface area contributed by atoms with Crippen molar-refractivity contribution in [3.05, 3.63) is 88.2 Å². The normalized spacial score (nSPS) is 20.9. The first-order valence-electron chi connectivity index (χ1n) is 13.7. The van der Waals surface area contributed by atoms with Gasteiger partial charge in [-0.15, -0.1) is 0 Å². The van der Waals surface area contributed by atoms with Crippen LogP contribution >= 0.6 is 11.6 Å². The number of anilines is 1. The average Bonchev–Trinajstić information content (AvgIpc) is 3.19. The van der Waals surface area contributed by atoms with Crippen molar-refractivity contribution in [2.24, 2.45) is 5.92 Å². The molecule has 42 heavy (non-hydrogen) atoms. The zero-order valence-electron chi connectivity index (χ0n) is 22.4. The third kappa shape index (κ3) is 4.99. The number of halogens is 4. The molecule has 2 fully saturated rings. The highest BCUT2D eigenvalue weighted by molar-refractivity contribution is 6.30. The standard InChI is InChI=1S/C30H27ClF3N5O3/c31-18-11-21(25(26(33)34)36-13-18)27(40)37-20-7-4-17(5-8-20)14-39-24-9-6-19(32)12-22(24)30(29(39)42)15-38(16-30)28(41)23-3-1-2-10-35-23/h1-3,6,9-13,17,20,26H,4-5,7-8,14-16H2,(H,37,40). The Labute approximate surface area is 244 Å². The number of hydrogen-bond acceptors (Lipinski definition) is 5. The van der Waals surface area contributed by atoms with Crippen molar-refractivity contribution in [3.8, 4) is 0 Å². The van der Waals surface area contributed by atoms with Crippen LogP contribution in [0.4, 0.5) is 18.9 Å². The van der Waals surface area contributed by atoms with Crippen molar-refractivity contribution in [1.82, 2.24) is 20.2 Å². The smallest absolute Gasteiger partial charge is 0.281 e. The molecule has 0 bridgehead atoms. The Hall–Kier alpha value is -3.99. The Bertz CT molecular complexity index is 1540. The molecule has 1 aromatic carbocycles. The zero-order valence-corrected chi connectivity index (χ0v) is 23.2. The van der Waals surface area contributed by atoms with E-state index in [-0.39, 0.29) is 53.1 Å². The number of amides is 3. The summed E-state index contributed by atoms with van der Waals surface area (Å²) in [7, 11) is 0. The summed E-state index contributed by atoms with van der Waals surface area (Å²) in [5.41, 5.74) is -0.334. The van der Waals surface area contributed by atoms with Crippen LogP contribution in [0, 0.1) is 11.7 Å². The van der Waals surface area contributed by atoms with Gasteiger partial charge in [0.1, 0.15) is 22.6 Å². The molecule has 2 aliphatic heterocycles. The van der Waals surface area contributed by atoms with Gasteiger partial charge in [-0.25, -0.2) is 13.2 Å². The highest BCUT2D eigenvalue weighted by atomic mass is 35.5. The van der Waals surface area contributed by atoms with Crippen molar-refractivity contribution in [2.75, 3.05) is 24.5 Å². The molecule has 0 radical (unpaired) electrons. The summed E-state index contributed by atoms with van der Waals surface area (Å²) in [5, 5.41) is 2.92. The zero-order chi connectivity index (χ0) is 29.6. The number of fused-ring (bicyclic) bond motifs is 2. The highest BCUT2D eigenvalue weighted by Gasteiger charge is 2.59. The minimum absolute atomic E-state index is 0.0946. The molecule has 6 rings (SSSR count). The average molecular weight is 598 g/mol. The predicted octanol–water partition coefficient (Wildman–Crippen LogP) is 4.94. The first kappa shape index (κ1) is 28.1. The van der Waals surface area contributed by atoms with E-state index in [0.29, 0.717) is 43.5 Å². The number of carbonyl (C=O) groups excluding carboxylic acids is 3. The Balaban J connectivity index is 1.11. The molecule has 3 aliphatic rings. The molecule has 3 aromatic rings. The van der Waals surface area contributed by atoms with Crippen LogP contribution in [0.2, 0.25) is 5.02 Å². The SMILES string of the molecule is O=C(NC1CCC(CN2C(=O)C3(CN(C(=O)c4ccccn4)C3)c3cc(F)ccc32)CC1)c1cc(Cl)cnc1C(F)F. The molecule has 0 atom stereocenters. The van der Waals surface area contributed by atoms with Crippen LogP contribution < -0.4 is 10.2 Å². The maximum absolute atomic E-state index is 14.4. The van der Waals surface area contributed by atoms with E-state index in [2.05, 4.69) is 15.3 Å². The van der Waals surface area contributed by atoms with Crippen LogP contribution in [0.25, 0.3) is 0 Å². The molecular formula is C30H27ClF3N5O3. The van der Waals surface area contributed by atoms with Gasteiger partial charge in [-0.3, -0.25) is 24.4 Å². The molecule has 1 saturated heterocycles. The number of rotatable bonds is 6. The minimum Gasteiger partial charge on any atom is -0.349 e. The lowest BCUT2D eigenvalue weighted by Crippen LogP contribution is -2.65. The molecule has 8 nitrogen and oxygen atoms in total. The second-order valence-corrected chi connectivity index (χ2v) is 11.6. The lowest BCUT2D eigenvalue weighted by Gasteiger charge is -2.46. The molecule has 0 unspecified atom stereocenters. The van der Waals surface area contributed by atoms with E-state index in [1.165, 1.54) is 24.4 Å². The van der Waals surface area contributed by atoms with Gasteiger partial charge in [-0.1, -0.05) is 17.7 Å². The number of carbonyl (C=O) groups is 3. The summed E-state index contributed by atoms with van der Waals surface area (Å²) in [6.45, 7) is 0.708. The number of hydrogen-bond donors (Lipinski definition) is 1. The maximum Gasteiger partial charge on any atom is 0.281 e. The van der Waals surface area contributed by atoms with Crippen LogP contribution in [0.15, 0.2) is 54.9 Å². The first-order valence-corrected chi connectivity index (χ1v) is 14.1. The van der Waals surface area contributed by atoms with Crippen molar-refractivity contribution in [3.63, 3.8) is 0 Å². The molecule has 3 amide bonds. The molecule has 1 saturated carbocycles. The van der Waals surface area contributed by atoms with Gasteiger partial charge in [0.15, 0.2) is 0 Å². The van der Waals surface area contributed by atoms with Gasteiger partial charge in [0, 0.05) is 43.8 Å². The monoisotopic (exact) mass is 597 g/mol.